The molecule has 24 heavy (non-hydrogen) atoms. The molecule has 0 spiro atoms. The predicted molar refractivity (Wildman–Crippen MR) is 75.9 cm³/mol. The average molecular weight is 368 g/mol. The van der Waals surface area contributed by atoms with Crippen molar-refractivity contribution >= 4 is 23.2 Å². The summed E-state index contributed by atoms with van der Waals surface area (Å²) < 4.78 is 76.7. The smallest absolute Gasteiger partial charge is 0.321 e. The van der Waals surface area contributed by atoms with E-state index in [1.165, 1.54) is 6.07 Å². The molecule has 0 unspecified atom stereocenters. The van der Waals surface area contributed by atoms with E-state index in [2.05, 4.69) is 0 Å². The lowest BCUT2D eigenvalue weighted by molar-refractivity contribution is -0.138. The fourth-order valence-corrected chi connectivity index (χ4v) is 2.08. The van der Waals surface area contributed by atoms with Crippen molar-refractivity contribution in [1.29, 1.82) is 0 Å². The standard InChI is InChI=1S/C15H8ClF6NO/c16-11-6-5-8(14(17,18)19)7-12(11)23-13(24)9-3-1-2-4-10(9)15(20,21)22/h1-7H,(H,23,24). The Balaban J connectivity index is 2.38. The maximum Gasteiger partial charge on any atom is 0.417 e. The first-order chi connectivity index (χ1) is 11.0. The Hall–Kier alpha value is -2.22. The van der Waals surface area contributed by atoms with E-state index >= 15 is 0 Å². The number of halogens is 7. The molecule has 0 aliphatic heterocycles. The van der Waals surface area contributed by atoms with Gasteiger partial charge in [0.2, 0.25) is 0 Å². The summed E-state index contributed by atoms with van der Waals surface area (Å²) in [7, 11) is 0. The molecule has 2 nitrogen and oxygen atoms in total. The van der Waals surface area contributed by atoms with Crippen LogP contribution in [-0.2, 0) is 12.4 Å². The molecule has 9 heteroatoms. The van der Waals surface area contributed by atoms with Gasteiger partial charge < -0.3 is 5.32 Å². The minimum absolute atomic E-state index is 0.235. The number of rotatable bonds is 2. The normalized spacial score (nSPS) is 12.1. The largest absolute Gasteiger partial charge is 0.417 e. The number of alkyl halides is 6. The Bertz CT molecular complexity index is 769. The molecule has 1 N–H and O–H groups in total. The highest BCUT2D eigenvalue weighted by Gasteiger charge is 2.35. The van der Waals surface area contributed by atoms with Gasteiger partial charge >= 0.3 is 12.4 Å². The van der Waals surface area contributed by atoms with Crippen LogP contribution in [0.25, 0.3) is 0 Å². The van der Waals surface area contributed by atoms with Crippen LogP contribution in [0.4, 0.5) is 32.0 Å². The maximum atomic E-state index is 12.9. The first-order valence-electron chi connectivity index (χ1n) is 6.34. The van der Waals surface area contributed by atoms with Crippen molar-refractivity contribution < 1.29 is 31.1 Å². The number of nitrogens with one attached hydrogen (secondary N) is 1. The van der Waals surface area contributed by atoms with E-state index in [0.717, 1.165) is 18.2 Å². The van der Waals surface area contributed by atoms with Crippen LogP contribution in [0, 0.1) is 0 Å². The molecule has 0 saturated heterocycles. The molecule has 0 saturated carbocycles. The summed E-state index contributed by atoms with van der Waals surface area (Å²) in [6.07, 6.45) is -9.47. The van der Waals surface area contributed by atoms with Crippen molar-refractivity contribution in [3.05, 3.63) is 64.2 Å². The summed E-state index contributed by atoms with van der Waals surface area (Å²) >= 11 is 5.70. The molecule has 2 aromatic carbocycles. The zero-order valence-electron chi connectivity index (χ0n) is 11.6. The molecule has 128 valence electrons. The van der Waals surface area contributed by atoms with Crippen molar-refractivity contribution in [3.63, 3.8) is 0 Å². The van der Waals surface area contributed by atoms with Gasteiger partial charge in [0.1, 0.15) is 0 Å². The molecule has 0 aliphatic rings. The van der Waals surface area contributed by atoms with Crippen LogP contribution in [0.1, 0.15) is 21.5 Å². The predicted octanol–water partition coefficient (Wildman–Crippen LogP) is 5.63. The first kappa shape index (κ1) is 18.1. The molecule has 0 heterocycles. The zero-order chi connectivity index (χ0) is 18.1. The number of carbonyl (C=O) groups is 1. The highest BCUT2D eigenvalue weighted by molar-refractivity contribution is 6.34. The highest BCUT2D eigenvalue weighted by Crippen LogP contribution is 2.35. The van der Waals surface area contributed by atoms with E-state index in [1.54, 1.807) is 0 Å². The van der Waals surface area contributed by atoms with Gasteiger partial charge in [0, 0.05) is 0 Å². The molecule has 2 aromatic rings. The third-order valence-electron chi connectivity index (χ3n) is 3.02. The Kier molecular flexibility index (Phi) is 4.80. The summed E-state index contributed by atoms with van der Waals surface area (Å²) in [4.78, 5) is 12.0. The van der Waals surface area contributed by atoms with Gasteiger partial charge in [-0.2, -0.15) is 26.3 Å². The van der Waals surface area contributed by atoms with Crippen LogP contribution in [0.3, 0.4) is 0 Å². The monoisotopic (exact) mass is 367 g/mol. The molecule has 0 atom stereocenters. The van der Waals surface area contributed by atoms with E-state index in [4.69, 9.17) is 11.6 Å². The molecule has 0 bridgehead atoms. The van der Waals surface area contributed by atoms with Crippen LogP contribution in [-0.4, -0.2) is 5.91 Å². The lowest BCUT2D eigenvalue weighted by Gasteiger charge is -2.14. The summed E-state index contributed by atoms with van der Waals surface area (Å²) in [5.74, 6) is -1.22. The number of hydrogen-bond acceptors (Lipinski definition) is 1. The SMILES string of the molecule is O=C(Nc1cc(C(F)(F)F)ccc1Cl)c1ccccc1C(F)(F)F. The second kappa shape index (κ2) is 6.35. The third-order valence-corrected chi connectivity index (χ3v) is 3.35. The van der Waals surface area contributed by atoms with Gasteiger partial charge in [-0.3, -0.25) is 4.79 Å². The van der Waals surface area contributed by atoms with Crippen LogP contribution in [0.15, 0.2) is 42.5 Å². The topological polar surface area (TPSA) is 29.1 Å². The molecular formula is C15H8ClF6NO. The molecule has 1 amide bonds. The van der Waals surface area contributed by atoms with Crippen LogP contribution in [0.2, 0.25) is 5.02 Å². The van der Waals surface area contributed by atoms with Gasteiger partial charge in [0.15, 0.2) is 0 Å². The van der Waals surface area contributed by atoms with Crippen molar-refractivity contribution in [3.8, 4) is 0 Å². The van der Waals surface area contributed by atoms with E-state index < -0.39 is 40.6 Å². The van der Waals surface area contributed by atoms with Crippen LogP contribution < -0.4 is 5.32 Å². The Morgan fingerprint density at radius 3 is 2.12 bits per heavy atom. The first-order valence-corrected chi connectivity index (χ1v) is 6.72. The Morgan fingerprint density at radius 2 is 1.54 bits per heavy atom. The van der Waals surface area contributed by atoms with Crippen LogP contribution in [0.5, 0.6) is 0 Å². The summed E-state index contributed by atoms with van der Waals surface area (Å²) in [6, 6.07) is 6.06. The Labute approximate surface area is 137 Å². The summed E-state index contributed by atoms with van der Waals surface area (Å²) in [5.41, 5.74) is -3.45. The minimum Gasteiger partial charge on any atom is -0.321 e. The Morgan fingerprint density at radius 1 is 0.917 bits per heavy atom. The molecule has 0 fully saturated rings. The lowest BCUT2D eigenvalue weighted by atomic mass is 10.1. The highest BCUT2D eigenvalue weighted by atomic mass is 35.5. The van der Waals surface area contributed by atoms with Crippen molar-refractivity contribution in [2.24, 2.45) is 0 Å². The molecule has 0 radical (unpaired) electrons. The average Bonchev–Trinajstić information content (AvgIpc) is 2.47. The van der Waals surface area contributed by atoms with Crippen LogP contribution >= 0.6 is 11.6 Å². The third kappa shape index (κ3) is 4.00. The lowest BCUT2D eigenvalue weighted by Crippen LogP contribution is -2.19. The number of hydrogen-bond donors (Lipinski definition) is 1. The summed E-state index contributed by atoms with van der Waals surface area (Å²) in [5, 5.41) is 1.75. The van der Waals surface area contributed by atoms with Gasteiger partial charge in [-0.1, -0.05) is 23.7 Å². The zero-order valence-corrected chi connectivity index (χ0v) is 12.4. The fraction of sp³-hybridized carbons (Fsp3) is 0.133. The van der Waals surface area contributed by atoms with Crippen molar-refractivity contribution in [2.45, 2.75) is 12.4 Å². The maximum absolute atomic E-state index is 12.9. The fourth-order valence-electron chi connectivity index (χ4n) is 1.92. The van der Waals surface area contributed by atoms with E-state index in [1.807, 2.05) is 5.32 Å². The van der Waals surface area contributed by atoms with E-state index in [-0.39, 0.29) is 5.02 Å². The molecular weight excluding hydrogens is 360 g/mol. The number of carbonyl (C=O) groups excluding carboxylic acids is 1. The number of anilines is 1. The molecule has 0 aromatic heterocycles. The second-order valence-corrected chi connectivity index (χ2v) is 5.10. The van der Waals surface area contributed by atoms with Gasteiger partial charge in [0.25, 0.3) is 5.91 Å². The second-order valence-electron chi connectivity index (χ2n) is 4.69. The van der Waals surface area contributed by atoms with Gasteiger partial charge in [-0.05, 0) is 30.3 Å². The molecule has 0 aliphatic carbocycles. The minimum atomic E-state index is -4.79. The number of amides is 1. The van der Waals surface area contributed by atoms with Crippen molar-refractivity contribution in [1.82, 2.24) is 0 Å². The van der Waals surface area contributed by atoms with Crippen molar-refractivity contribution in [2.75, 3.05) is 5.32 Å². The van der Waals surface area contributed by atoms with Gasteiger partial charge in [-0.25, -0.2) is 0 Å². The van der Waals surface area contributed by atoms with E-state index in [9.17, 15) is 31.1 Å². The van der Waals surface area contributed by atoms with Gasteiger partial charge in [-0.15, -0.1) is 0 Å². The summed E-state index contributed by atoms with van der Waals surface area (Å²) in [6.45, 7) is 0. The van der Waals surface area contributed by atoms with E-state index in [0.29, 0.717) is 18.2 Å². The number of benzene rings is 2. The molecule has 2 rings (SSSR count). The quantitative estimate of drug-likeness (QED) is 0.685. The van der Waals surface area contributed by atoms with Gasteiger partial charge in [0.05, 0.1) is 27.4 Å².